The number of nitrogens with zero attached hydrogens (tertiary/aromatic N) is 1. The highest BCUT2D eigenvalue weighted by Gasteiger charge is 2.15. The van der Waals surface area contributed by atoms with Crippen LogP contribution in [0.2, 0.25) is 0 Å². The number of nitrogens with two attached hydrogens (primary N) is 1. The molecule has 1 heterocycles. The third-order valence-corrected chi connectivity index (χ3v) is 3.56. The van der Waals surface area contributed by atoms with Crippen molar-refractivity contribution in [2.24, 2.45) is 10.8 Å². The van der Waals surface area contributed by atoms with E-state index in [2.05, 4.69) is 32.6 Å². The maximum atomic E-state index is 5.45. The standard InChI is InChI=1S/C11H18N4S/c12-15-11(14-10-3-1-2-4-10)13-7-9-5-6-16-8-9/h5-6,8,10H,1-4,7,12H2,(H2,13,14,15). The Balaban J connectivity index is 1.85. The maximum absolute atomic E-state index is 5.45. The lowest BCUT2D eigenvalue weighted by Crippen LogP contribution is -2.45. The smallest absolute Gasteiger partial charge is 0.206 e. The third kappa shape index (κ3) is 3.21. The Hall–Kier alpha value is -1.07. The summed E-state index contributed by atoms with van der Waals surface area (Å²) in [4.78, 5) is 4.42. The molecular weight excluding hydrogens is 220 g/mol. The van der Waals surface area contributed by atoms with Crippen LogP contribution >= 0.6 is 11.3 Å². The van der Waals surface area contributed by atoms with Gasteiger partial charge >= 0.3 is 0 Å². The second kappa shape index (κ2) is 5.86. The van der Waals surface area contributed by atoms with Crippen LogP contribution in [0.25, 0.3) is 0 Å². The van der Waals surface area contributed by atoms with Crippen molar-refractivity contribution >= 4 is 17.3 Å². The first kappa shape index (κ1) is 11.4. The molecule has 1 saturated carbocycles. The average molecular weight is 238 g/mol. The highest BCUT2D eigenvalue weighted by Crippen LogP contribution is 2.17. The van der Waals surface area contributed by atoms with Gasteiger partial charge in [-0.15, -0.1) is 0 Å². The predicted octanol–water partition coefficient (Wildman–Crippen LogP) is 1.60. The molecule has 4 nitrogen and oxygen atoms in total. The summed E-state index contributed by atoms with van der Waals surface area (Å²) in [6.45, 7) is 0.683. The Morgan fingerprint density at radius 3 is 2.94 bits per heavy atom. The first-order chi connectivity index (χ1) is 7.88. The number of thiophene rings is 1. The molecule has 2 rings (SSSR count). The van der Waals surface area contributed by atoms with Gasteiger partial charge < -0.3 is 5.32 Å². The highest BCUT2D eigenvalue weighted by molar-refractivity contribution is 7.07. The Morgan fingerprint density at radius 2 is 2.31 bits per heavy atom. The van der Waals surface area contributed by atoms with Crippen LogP contribution in [0.3, 0.4) is 0 Å². The van der Waals surface area contributed by atoms with Gasteiger partial charge in [0.1, 0.15) is 0 Å². The van der Waals surface area contributed by atoms with Crippen molar-refractivity contribution < 1.29 is 0 Å². The van der Waals surface area contributed by atoms with Gasteiger partial charge in [-0.2, -0.15) is 11.3 Å². The summed E-state index contributed by atoms with van der Waals surface area (Å²) < 4.78 is 0. The zero-order chi connectivity index (χ0) is 11.2. The number of nitrogens with one attached hydrogen (secondary N) is 2. The number of hydrogen-bond acceptors (Lipinski definition) is 3. The molecule has 5 heteroatoms. The van der Waals surface area contributed by atoms with E-state index in [1.54, 1.807) is 11.3 Å². The molecule has 1 aromatic heterocycles. The van der Waals surface area contributed by atoms with E-state index in [1.807, 2.05) is 0 Å². The van der Waals surface area contributed by atoms with Crippen LogP contribution in [-0.4, -0.2) is 12.0 Å². The maximum Gasteiger partial charge on any atom is 0.206 e. The number of rotatable bonds is 3. The Labute approximate surface area is 99.9 Å². The second-order valence-corrected chi connectivity index (χ2v) is 4.85. The minimum atomic E-state index is 0.539. The van der Waals surface area contributed by atoms with Gasteiger partial charge in [-0.05, 0) is 35.2 Å². The SMILES string of the molecule is NNC(=NCc1ccsc1)NC1CCCC1. The fourth-order valence-corrected chi connectivity index (χ4v) is 2.61. The molecule has 0 aromatic carbocycles. The zero-order valence-electron chi connectivity index (χ0n) is 9.28. The van der Waals surface area contributed by atoms with Crippen molar-refractivity contribution in [3.8, 4) is 0 Å². The Kier molecular flexibility index (Phi) is 4.18. The molecule has 0 unspecified atom stereocenters. The van der Waals surface area contributed by atoms with Crippen LogP contribution in [0, 0.1) is 0 Å². The van der Waals surface area contributed by atoms with Crippen molar-refractivity contribution in [3.05, 3.63) is 22.4 Å². The quantitative estimate of drug-likeness (QED) is 0.324. The molecule has 88 valence electrons. The van der Waals surface area contributed by atoms with E-state index in [0.717, 1.165) is 0 Å². The van der Waals surface area contributed by atoms with Crippen LogP contribution in [0.15, 0.2) is 21.8 Å². The first-order valence-corrected chi connectivity index (χ1v) is 6.61. The van der Waals surface area contributed by atoms with Crippen molar-refractivity contribution in [3.63, 3.8) is 0 Å². The molecule has 0 bridgehead atoms. The molecule has 16 heavy (non-hydrogen) atoms. The summed E-state index contributed by atoms with van der Waals surface area (Å²) in [7, 11) is 0. The molecule has 4 N–H and O–H groups in total. The lowest BCUT2D eigenvalue weighted by molar-refractivity contribution is 0.614. The highest BCUT2D eigenvalue weighted by atomic mass is 32.1. The van der Waals surface area contributed by atoms with E-state index < -0.39 is 0 Å². The number of hydrazine groups is 1. The van der Waals surface area contributed by atoms with Gasteiger partial charge in [0.15, 0.2) is 0 Å². The molecule has 1 fully saturated rings. The molecule has 1 aliphatic rings. The largest absolute Gasteiger partial charge is 0.353 e. The number of guanidine groups is 1. The first-order valence-electron chi connectivity index (χ1n) is 5.67. The van der Waals surface area contributed by atoms with Crippen LogP contribution in [-0.2, 0) is 6.54 Å². The molecular formula is C11H18N4S. The molecule has 1 aromatic rings. The Morgan fingerprint density at radius 1 is 1.50 bits per heavy atom. The van der Waals surface area contributed by atoms with Gasteiger partial charge in [0.05, 0.1) is 6.54 Å². The van der Waals surface area contributed by atoms with Crippen LogP contribution in [0.4, 0.5) is 0 Å². The number of hydrogen-bond donors (Lipinski definition) is 3. The summed E-state index contributed by atoms with van der Waals surface area (Å²) in [5.41, 5.74) is 3.86. The minimum absolute atomic E-state index is 0.539. The van der Waals surface area contributed by atoms with Crippen molar-refractivity contribution in [1.29, 1.82) is 0 Å². The monoisotopic (exact) mass is 238 g/mol. The van der Waals surface area contributed by atoms with E-state index >= 15 is 0 Å². The van der Waals surface area contributed by atoms with E-state index in [9.17, 15) is 0 Å². The minimum Gasteiger partial charge on any atom is -0.353 e. The van der Waals surface area contributed by atoms with Gasteiger partial charge in [-0.1, -0.05) is 12.8 Å². The normalized spacial score (nSPS) is 17.7. The Bertz CT molecular complexity index is 328. The molecule has 1 aliphatic carbocycles. The average Bonchev–Trinajstić information content (AvgIpc) is 2.97. The lowest BCUT2D eigenvalue weighted by atomic mass is 10.2. The van der Waals surface area contributed by atoms with E-state index in [-0.39, 0.29) is 0 Å². The zero-order valence-corrected chi connectivity index (χ0v) is 10.1. The summed E-state index contributed by atoms with van der Waals surface area (Å²) in [6, 6.07) is 2.62. The van der Waals surface area contributed by atoms with Gasteiger partial charge in [0.2, 0.25) is 5.96 Å². The van der Waals surface area contributed by atoms with Gasteiger partial charge in [-0.3, -0.25) is 5.43 Å². The summed E-state index contributed by atoms with van der Waals surface area (Å²) in [6.07, 6.45) is 5.05. The fraction of sp³-hybridized carbons (Fsp3) is 0.545. The van der Waals surface area contributed by atoms with Crippen molar-refractivity contribution in [1.82, 2.24) is 10.7 Å². The summed E-state index contributed by atoms with van der Waals surface area (Å²) >= 11 is 1.69. The van der Waals surface area contributed by atoms with Gasteiger partial charge in [0, 0.05) is 6.04 Å². The summed E-state index contributed by atoms with van der Waals surface area (Å²) in [5, 5.41) is 7.51. The topological polar surface area (TPSA) is 62.4 Å². The van der Waals surface area contributed by atoms with Gasteiger partial charge in [-0.25, -0.2) is 10.8 Å². The molecule has 0 radical (unpaired) electrons. The van der Waals surface area contributed by atoms with Crippen LogP contribution < -0.4 is 16.6 Å². The van der Waals surface area contributed by atoms with E-state index in [4.69, 9.17) is 5.84 Å². The molecule has 0 spiro atoms. The lowest BCUT2D eigenvalue weighted by Gasteiger charge is -2.14. The van der Waals surface area contributed by atoms with E-state index in [1.165, 1.54) is 31.2 Å². The van der Waals surface area contributed by atoms with Crippen molar-refractivity contribution in [2.75, 3.05) is 0 Å². The fourth-order valence-electron chi connectivity index (χ4n) is 1.95. The molecule has 0 saturated heterocycles. The van der Waals surface area contributed by atoms with E-state index in [0.29, 0.717) is 18.5 Å². The van der Waals surface area contributed by atoms with Crippen LogP contribution in [0.1, 0.15) is 31.2 Å². The number of aliphatic imine (C=N–C) groups is 1. The van der Waals surface area contributed by atoms with Gasteiger partial charge in [0.25, 0.3) is 0 Å². The third-order valence-electron chi connectivity index (χ3n) is 2.83. The summed E-state index contributed by atoms with van der Waals surface area (Å²) in [5.74, 6) is 6.16. The molecule has 0 amide bonds. The second-order valence-electron chi connectivity index (χ2n) is 4.07. The van der Waals surface area contributed by atoms with Crippen LogP contribution in [0.5, 0.6) is 0 Å². The van der Waals surface area contributed by atoms with Crippen molar-refractivity contribution in [2.45, 2.75) is 38.3 Å². The molecule has 0 aliphatic heterocycles. The molecule has 0 atom stereocenters. The predicted molar refractivity (Wildman–Crippen MR) is 68.2 cm³/mol.